The minimum absolute atomic E-state index is 0.0195. The van der Waals surface area contributed by atoms with Crippen LogP contribution in [-0.2, 0) is 0 Å². The van der Waals surface area contributed by atoms with E-state index in [1.165, 1.54) is 6.92 Å². The van der Waals surface area contributed by atoms with Gasteiger partial charge in [0.2, 0.25) is 0 Å². The van der Waals surface area contributed by atoms with Crippen LogP contribution in [0.3, 0.4) is 0 Å². The number of phenolic OH excluding ortho intramolecular Hbond substituents is 1. The quantitative estimate of drug-likeness (QED) is 0.680. The summed E-state index contributed by atoms with van der Waals surface area (Å²) in [4.78, 5) is 0. The molecular formula is C8H8F2O2. The van der Waals surface area contributed by atoms with E-state index < -0.39 is 23.5 Å². The molecule has 0 aromatic heterocycles. The predicted octanol–water partition coefficient (Wildman–Crippen LogP) is 1.72. The monoisotopic (exact) mass is 174 g/mol. The lowest BCUT2D eigenvalue weighted by atomic mass is 10.1. The van der Waals surface area contributed by atoms with Gasteiger partial charge in [0.05, 0.1) is 6.10 Å². The summed E-state index contributed by atoms with van der Waals surface area (Å²) in [7, 11) is 0. The fraction of sp³-hybridized carbons (Fsp3) is 0.250. The SMILES string of the molecule is CC(O)c1cc(F)c(F)cc1O. The first-order chi connectivity index (χ1) is 5.52. The van der Waals surface area contributed by atoms with E-state index in [0.29, 0.717) is 6.07 Å². The molecule has 1 unspecified atom stereocenters. The molecule has 0 aliphatic heterocycles. The first-order valence-electron chi connectivity index (χ1n) is 3.38. The first kappa shape index (κ1) is 8.93. The van der Waals surface area contributed by atoms with E-state index in [2.05, 4.69) is 0 Å². The number of rotatable bonds is 1. The Morgan fingerprint density at radius 1 is 1.25 bits per heavy atom. The van der Waals surface area contributed by atoms with E-state index >= 15 is 0 Å². The molecule has 0 heterocycles. The highest BCUT2D eigenvalue weighted by molar-refractivity contribution is 5.34. The van der Waals surface area contributed by atoms with Gasteiger partial charge in [-0.2, -0.15) is 0 Å². The Morgan fingerprint density at radius 2 is 1.75 bits per heavy atom. The summed E-state index contributed by atoms with van der Waals surface area (Å²) in [5.41, 5.74) is -0.0195. The van der Waals surface area contributed by atoms with Crippen molar-refractivity contribution >= 4 is 0 Å². The van der Waals surface area contributed by atoms with Crippen LogP contribution >= 0.6 is 0 Å². The van der Waals surface area contributed by atoms with Crippen molar-refractivity contribution in [1.29, 1.82) is 0 Å². The second-order valence-electron chi connectivity index (χ2n) is 2.50. The molecule has 0 spiro atoms. The molecular weight excluding hydrogens is 166 g/mol. The molecule has 2 nitrogen and oxygen atoms in total. The summed E-state index contributed by atoms with van der Waals surface area (Å²) in [5, 5.41) is 18.0. The molecule has 1 atom stereocenters. The second kappa shape index (κ2) is 3.06. The molecule has 66 valence electrons. The van der Waals surface area contributed by atoms with E-state index in [1.54, 1.807) is 0 Å². The van der Waals surface area contributed by atoms with Gasteiger partial charge < -0.3 is 10.2 Å². The molecule has 0 aliphatic rings. The van der Waals surface area contributed by atoms with Crippen LogP contribution in [0.4, 0.5) is 8.78 Å². The molecule has 0 saturated heterocycles. The van der Waals surface area contributed by atoms with Gasteiger partial charge in [-0.3, -0.25) is 0 Å². The van der Waals surface area contributed by atoms with Gasteiger partial charge in [-0.25, -0.2) is 8.78 Å². The molecule has 1 rings (SSSR count). The van der Waals surface area contributed by atoms with Crippen LogP contribution in [0.2, 0.25) is 0 Å². The summed E-state index contributed by atoms with van der Waals surface area (Å²) in [6, 6.07) is 1.41. The molecule has 0 fully saturated rings. The minimum Gasteiger partial charge on any atom is -0.507 e. The van der Waals surface area contributed by atoms with Crippen LogP contribution in [0, 0.1) is 11.6 Å². The third-order valence-electron chi connectivity index (χ3n) is 1.52. The van der Waals surface area contributed by atoms with Crippen LogP contribution in [0.1, 0.15) is 18.6 Å². The maximum Gasteiger partial charge on any atom is 0.162 e. The van der Waals surface area contributed by atoms with Gasteiger partial charge >= 0.3 is 0 Å². The van der Waals surface area contributed by atoms with Gasteiger partial charge in [-0.15, -0.1) is 0 Å². The molecule has 12 heavy (non-hydrogen) atoms. The summed E-state index contributed by atoms with van der Waals surface area (Å²) in [5.74, 6) is -2.65. The Kier molecular flexibility index (Phi) is 2.28. The van der Waals surface area contributed by atoms with Crippen LogP contribution in [0.15, 0.2) is 12.1 Å². The second-order valence-corrected chi connectivity index (χ2v) is 2.50. The Bertz CT molecular complexity index is 297. The number of halogens is 2. The molecule has 1 aromatic rings. The Balaban J connectivity index is 3.23. The van der Waals surface area contributed by atoms with Crippen LogP contribution in [-0.4, -0.2) is 10.2 Å². The molecule has 4 heteroatoms. The van der Waals surface area contributed by atoms with Gasteiger partial charge in [-0.1, -0.05) is 0 Å². The topological polar surface area (TPSA) is 40.5 Å². The van der Waals surface area contributed by atoms with E-state index in [-0.39, 0.29) is 5.56 Å². The van der Waals surface area contributed by atoms with Gasteiger partial charge in [0.25, 0.3) is 0 Å². The molecule has 0 radical (unpaired) electrons. The summed E-state index contributed by atoms with van der Waals surface area (Å²) in [6.07, 6.45) is -1.01. The van der Waals surface area contributed by atoms with Crippen molar-refractivity contribution in [3.8, 4) is 5.75 Å². The zero-order valence-corrected chi connectivity index (χ0v) is 6.38. The van der Waals surface area contributed by atoms with Crippen molar-refractivity contribution in [2.24, 2.45) is 0 Å². The number of phenols is 1. The molecule has 0 aliphatic carbocycles. The van der Waals surface area contributed by atoms with E-state index in [0.717, 1.165) is 6.07 Å². The third kappa shape index (κ3) is 1.53. The summed E-state index contributed by atoms with van der Waals surface area (Å²) < 4.78 is 24.9. The lowest BCUT2D eigenvalue weighted by Crippen LogP contribution is -1.95. The summed E-state index contributed by atoms with van der Waals surface area (Å²) in [6.45, 7) is 1.35. The average molecular weight is 174 g/mol. The lowest BCUT2D eigenvalue weighted by Gasteiger charge is -2.07. The highest BCUT2D eigenvalue weighted by atomic mass is 19.2. The first-order valence-corrected chi connectivity index (χ1v) is 3.38. The molecule has 1 aromatic carbocycles. The Hall–Kier alpha value is -1.16. The maximum atomic E-state index is 12.5. The average Bonchev–Trinajstić information content (AvgIpc) is 1.96. The Morgan fingerprint density at radius 3 is 2.25 bits per heavy atom. The smallest absolute Gasteiger partial charge is 0.162 e. The van der Waals surface area contributed by atoms with Crippen molar-refractivity contribution in [2.75, 3.05) is 0 Å². The van der Waals surface area contributed by atoms with Crippen molar-refractivity contribution in [1.82, 2.24) is 0 Å². The standard InChI is InChI=1S/C8H8F2O2/c1-4(11)5-2-6(9)7(10)3-8(5)12/h2-4,11-12H,1H3. The number of aliphatic hydroxyl groups is 1. The van der Waals surface area contributed by atoms with Crippen LogP contribution in [0.5, 0.6) is 5.75 Å². The molecule has 0 bridgehead atoms. The summed E-state index contributed by atoms with van der Waals surface area (Å²) >= 11 is 0. The van der Waals surface area contributed by atoms with Crippen LogP contribution < -0.4 is 0 Å². The van der Waals surface area contributed by atoms with Gasteiger partial charge in [0.15, 0.2) is 11.6 Å². The highest BCUT2D eigenvalue weighted by Gasteiger charge is 2.12. The van der Waals surface area contributed by atoms with Gasteiger partial charge in [0, 0.05) is 11.6 Å². The number of hydrogen-bond donors (Lipinski definition) is 2. The molecule has 2 N–H and O–H groups in total. The fourth-order valence-electron chi connectivity index (χ4n) is 0.886. The highest BCUT2D eigenvalue weighted by Crippen LogP contribution is 2.26. The van der Waals surface area contributed by atoms with Crippen molar-refractivity contribution in [2.45, 2.75) is 13.0 Å². The number of aromatic hydroxyl groups is 1. The zero-order valence-electron chi connectivity index (χ0n) is 6.38. The van der Waals surface area contributed by atoms with E-state index in [1.807, 2.05) is 0 Å². The lowest BCUT2D eigenvalue weighted by molar-refractivity contribution is 0.194. The zero-order chi connectivity index (χ0) is 9.30. The van der Waals surface area contributed by atoms with Gasteiger partial charge in [0.1, 0.15) is 5.75 Å². The van der Waals surface area contributed by atoms with Crippen LogP contribution in [0.25, 0.3) is 0 Å². The molecule has 0 amide bonds. The molecule has 0 saturated carbocycles. The fourth-order valence-corrected chi connectivity index (χ4v) is 0.886. The Labute approximate surface area is 68.1 Å². The largest absolute Gasteiger partial charge is 0.507 e. The van der Waals surface area contributed by atoms with E-state index in [9.17, 15) is 8.78 Å². The maximum absolute atomic E-state index is 12.5. The van der Waals surface area contributed by atoms with Crippen molar-refractivity contribution in [3.05, 3.63) is 29.3 Å². The number of benzene rings is 1. The normalized spacial score (nSPS) is 13.0. The van der Waals surface area contributed by atoms with E-state index in [4.69, 9.17) is 10.2 Å². The van der Waals surface area contributed by atoms with Gasteiger partial charge in [-0.05, 0) is 13.0 Å². The van der Waals surface area contributed by atoms with Crippen molar-refractivity contribution in [3.63, 3.8) is 0 Å². The third-order valence-corrected chi connectivity index (χ3v) is 1.52. The minimum atomic E-state index is -1.13. The number of hydrogen-bond acceptors (Lipinski definition) is 2. The van der Waals surface area contributed by atoms with Crippen molar-refractivity contribution < 1.29 is 19.0 Å². The predicted molar refractivity (Wildman–Crippen MR) is 38.7 cm³/mol. The number of aliphatic hydroxyl groups excluding tert-OH is 1.